The normalized spacial score (nSPS) is 19.7. The largest absolute Gasteiger partial charge is 0.486 e. The monoisotopic (exact) mass is 404 g/mol. The van der Waals surface area contributed by atoms with Gasteiger partial charge in [-0.1, -0.05) is 30.3 Å². The van der Waals surface area contributed by atoms with Crippen LogP contribution in [0.25, 0.3) is 11.1 Å². The highest BCUT2D eigenvalue weighted by Crippen LogP contribution is 2.27. The van der Waals surface area contributed by atoms with Crippen molar-refractivity contribution in [2.24, 2.45) is 5.73 Å². The van der Waals surface area contributed by atoms with E-state index >= 15 is 0 Å². The molecule has 1 fully saturated rings. The van der Waals surface area contributed by atoms with Gasteiger partial charge in [0.2, 0.25) is 15.9 Å². The van der Waals surface area contributed by atoms with Gasteiger partial charge in [0.05, 0.1) is 24.5 Å². The maximum atomic E-state index is 12.1. The first-order valence-corrected chi connectivity index (χ1v) is 10.6. The number of benzene rings is 2. The van der Waals surface area contributed by atoms with Gasteiger partial charge in [-0.3, -0.25) is 4.79 Å². The number of hydrogen-bond acceptors (Lipinski definition) is 5. The summed E-state index contributed by atoms with van der Waals surface area (Å²) in [6.45, 7) is 3.81. The van der Waals surface area contributed by atoms with Gasteiger partial charge in [0.15, 0.2) is 0 Å². The Morgan fingerprint density at radius 2 is 1.82 bits per heavy atom. The molecule has 8 heteroatoms. The van der Waals surface area contributed by atoms with Crippen LogP contribution in [-0.2, 0) is 14.8 Å². The van der Waals surface area contributed by atoms with Gasteiger partial charge in [0.25, 0.3) is 0 Å². The zero-order valence-electron chi connectivity index (χ0n) is 15.8. The summed E-state index contributed by atoms with van der Waals surface area (Å²) < 4.78 is 38.2. The number of sulfonamides is 1. The highest BCUT2D eigenvalue weighted by atomic mass is 32.2. The van der Waals surface area contributed by atoms with Gasteiger partial charge in [-0.25, -0.2) is 13.1 Å². The Balaban J connectivity index is 1.73. The molecule has 2 aromatic carbocycles. The van der Waals surface area contributed by atoms with Crippen molar-refractivity contribution in [1.82, 2.24) is 4.72 Å². The summed E-state index contributed by atoms with van der Waals surface area (Å²) in [5.41, 5.74) is 7.47. The van der Waals surface area contributed by atoms with Crippen molar-refractivity contribution in [3.05, 3.63) is 54.1 Å². The fourth-order valence-corrected chi connectivity index (χ4v) is 3.86. The molecule has 1 aliphatic rings. The molecule has 0 spiro atoms. The third-order valence-corrected chi connectivity index (χ3v) is 6.48. The third kappa shape index (κ3) is 4.52. The molecule has 1 aliphatic heterocycles. The quantitative estimate of drug-likeness (QED) is 0.733. The number of carbonyl (C=O) groups is 1. The molecular formula is C20H24N2O5S. The van der Waals surface area contributed by atoms with E-state index in [1.165, 1.54) is 0 Å². The van der Waals surface area contributed by atoms with Crippen LogP contribution in [0.4, 0.5) is 0 Å². The number of nitrogens with two attached hydrogens (primary N) is 1. The zero-order valence-corrected chi connectivity index (χ0v) is 16.6. The number of rotatable bonds is 7. The minimum atomic E-state index is -3.42. The van der Waals surface area contributed by atoms with Crippen LogP contribution in [0, 0.1) is 0 Å². The average molecular weight is 404 g/mol. The Labute approximate surface area is 164 Å². The van der Waals surface area contributed by atoms with E-state index in [2.05, 4.69) is 4.72 Å². The van der Waals surface area contributed by atoms with Crippen molar-refractivity contribution in [3.63, 3.8) is 0 Å². The molecule has 2 unspecified atom stereocenters. The van der Waals surface area contributed by atoms with E-state index < -0.39 is 33.3 Å². The topological polar surface area (TPSA) is 108 Å². The van der Waals surface area contributed by atoms with E-state index in [-0.39, 0.29) is 6.61 Å². The Hall–Kier alpha value is -2.42. The number of ether oxygens (including phenoxy) is 2. The van der Waals surface area contributed by atoms with Crippen molar-refractivity contribution in [3.8, 4) is 16.9 Å². The van der Waals surface area contributed by atoms with Crippen molar-refractivity contribution in [2.45, 2.75) is 31.2 Å². The van der Waals surface area contributed by atoms with Crippen LogP contribution < -0.4 is 15.2 Å². The van der Waals surface area contributed by atoms with Gasteiger partial charge >= 0.3 is 0 Å². The Bertz CT molecular complexity index is 941. The standard InChI is InChI=1S/C20H24N2O5S/c1-13(2)28(24,25)22-18-11-26-12-19(18)27-15-9-7-14(8-10-15)16-5-3-4-6-17(16)20(21)23/h3-10,13,18-19,22H,11-12H2,1-2H3,(H2,21,23). The average Bonchev–Trinajstić information content (AvgIpc) is 3.08. The van der Waals surface area contributed by atoms with Crippen molar-refractivity contribution in [1.29, 1.82) is 0 Å². The lowest BCUT2D eigenvalue weighted by Crippen LogP contribution is -2.47. The predicted molar refractivity (Wildman–Crippen MR) is 107 cm³/mol. The summed E-state index contributed by atoms with van der Waals surface area (Å²) >= 11 is 0. The second kappa shape index (κ2) is 8.30. The Kier molecular flexibility index (Phi) is 6.02. The van der Waals surface area contributed by atoms with E-state index in [4.69, 9.17) is 15.2 Å². The second-order valence-corrected chi connectivity index (χ2v) is 9.21. The summed E-state index contributed by atoms with van der Waals surface area (Å²) in [7, 11) is -3.42. The summed E-state index contributed by atoms with van der Waals surface area (Å²) in [6, 6.07) is 13.9. The van der Waals surface area contributed by atoms with Crippen molar-refractivity contribution >= 4 is 15.9 Å². The molecule has 3 N–H and O–H groups in total. The molecule has 0 aliphatic carbocycles. The van der Waals surface area contributed by atoms with E-state index in [0.29, 0.717) is 17.9 Å². The minimum Gasteiger partial charge on any atom is -0.486 e. The first kappa shape index (κ1) is 20.3. The molecule has 1 heterocycles. The number of nitrogens with one attached hydrogen (secondary N) is 1. The number of primary amides is 1. The smallest absolute Gasteiger partial charge is 0.249 e. The van der Waals surface area contributed by atoms with Crippen LogP contribution in [0.2, 0.25) is 0 Å². The Morgan fingerprint density at radius 1 is 1.14 bits per heavy atom. The van der Waals surface area contributed by atoms with Crippen LogP contribution in [0.1, 0.15) is 24.2 Å². The first-order valence-electron chi connectivity index (χ1n) is 9.03. The van der Waals surface area contributed by atoms with E-state index in [1.807, 2.05) is 24.3 Å². The molecule has 2 atom stereocenters. The first-order chi connectivity index (χ1) is 13.3. The van der Waals surface area contributed by atoms with Crippen LogP contribution in [0.3, 0.4) is 0 Å². The Morgan fingerprint density at radius 3 is 2.46 bits per heavy atom. The van der Waals surface area contributed by atoms with Gasteiger partial charge < -0.3 is 15.2 Å². The highest BCUT2D eigenvalue weighted by molar-refractivity contribution is 7.90. The molecule has 1 saturated heterocycles. The van der Waals surface area contributed by atoms with Crippen LogP contribution in [-0.4, -0.2) is 44.9 Å². The molecule has 150 valence electrons. The zero-order chi connectivity index (χ0) is 20.3. The van der Waals surface area contributed by atoms with E-state index in [9.17, 15) is 13.2 Å². The fraction of sp³-hybridized carbons (Fsp3) is 0.350. The van der Waals surface area contributed by atoms with Gasteiger partial charge in [0, 0.05) is 5.56 Å². The molecule has 0 bridgehead atoms. The van der Waals surface area contributed by atoms with Crippen LogP contribution in [0.5, 0.6) is 5.75 Å². The molecule has 0 aromatic heterocycles. The summed E-state index contributed by atoms with van der Waals surface area (Å²) in [5.74, 6) is 0.101. The lowest BCUT2D eigenvalue weighted by molar-refractivity contribution is 0.100. The highest BCUT2D eigenvalue weighted by Gasteiger charge is 2.34. The molecular weight excluding hydrogens is 380 g/mol. The molecule has 7 nitrogen and oxygen atoms in total. The summed E-state index contributed by atoms with van der Waals surface area (Å²) in [4.78, 5) is 11.6. The number of carbonyl (C=O) groups excluding carboxylic acids is 1. The molecule has 3 rings (SSSR count). The van der Waals surface area contributed by atoms with Gasteiger partial charge in [-0.05, 0) is 43.2 Å². The maximum absolute atomic E-state index is 12.1. The SMILES string of the molecule is CC(C)S(=O)(=O)NC1COCC1Oc1ccc(-c2ccccc2C(N)=O)cc1. The molecule has 2 aromatic rings. The van der Waals surface area contributed by atoms with E-state index in [0.717, 1.165) is 11.1 Å². The van der Waals surface area contributed by atoms with Crippen molar-refractivity contribution in [2.75, 3.05) is 13.2 Å². The van der Waals surface area contributed by atoms with Crippen molar-refractivity contribution < 1.29 is 22.7 Å². The third-order valence-electron chi connectivity index (χ3n) is 4.61. The molecule has 1 amide bonds. The van der Waals surface area contributed by atoms with Crippen LogP contribution >= 0.6 is 0 Å². The lowest BCUT2D eigenvalue weighted by atomic mass is 9.99. The van der Waals surface area contributed by atoms with Gasteiger partial charge in [-0.2, -0.15) is 0 Å². The molecule has 0 saturated carbocycles. The van der Waals surface area contributed by atoms with Gasteiger partial charge in [0.1, 0.15) is 11.9 Å². The van der Waals surface area contributed by atoms with Crippen LogP contribution in [0.15, 0.2) is 48.5 Å². The lowest BCUT2D eigenvalue weighted by Gasteiger charge is -2.21. The number of hydrogen-bond donors (Lipinski definition) is 2. The summed E-state index contributed by atoms with van der Waals surface area (Å²) in [5, 5.41) is -0.529. The second-order valence-electron chi connectivity index (χ2n) is 6.95. The maximum Gasteiger partial charge on any atom is 0.249 e. The number of amides is 1. The predicted octanol–water partition coefficient (Wildman–Crippen LogP) is 1.93. The van der Waals surface area contributed by atoms with Gasteiger partial charge in [-0.15, -0.1) is 0 Å². The summed E-state index contributed by atoms with van der Waals surface area (Å²) in [6.07, 6.45) is -0.419. The fourth-order valence-electron chi connectivity index (χ4n) is 2.95. The molecule has 0 radical (unpaired) electrons. The minimum absolute atomic E-state index is 0.265. The molecule has 28 heavy (non-hydrogen) atoms. The van der Waals surface area contributed by atoms with E-state index in [1.54, 1.807) is 38.1 Å².